The molecule has 1 amide bonds. The molecule has 0 radical (unpaired) electrons. The van der Waals surface area contributed by atoms with E-state index < -0.39 is 0 Å². The summed E-state index contributed by atoms with van der Waals surface area (Å²) in [5.74, 6) is -0.0199. The number of pyridine rings is 1. The van der Waals surface area contributed by atoms with Gasteiger partial charge in [0.15, 0.2) is 6.29 Å². The minimum atomic E-state index is -0.0199. The SMILES string of the molecule is O=Cc1ccc2ccc(C(=O)N3CCOCC3)cc2n1. The third kappa shape index (κ3) is 2.40. The molecule has 3 rings (SSSR count). The third-order valence-corrected chi connectivity index (χ3v) is 3.38. The van der Waals surface area contributed by atoms with E-state index in [2.05, 4.69) is 4.98 Å². The van der Waals surface area contributed by atoms with Gasteiger partial charge in [-0.3, -0.25) is 9.59 Å². The number of benzene rings is 1. The second-order valence-corrected chi connectivity index (χ2v) is 4.67. The van der Waals surface area contributed by atoms with Crippen LogP contribution in [0.5, 0.6) is 0 Å². The Hall–Kier alpha value is -2.27. The Labute approximate surface area is 116 Å². The maximum absolute atomic E-state index is 12.4. The lowest BCUT2D eigenvalue weighted by Crippen LogP contribution is -2.40. The molecule has 1 aliphatic rings. The average molecular weight is 270 g/mol. The molecule has 0 bridgehead atoms. The van der Waals surface area contributed by atoms with Gasteiger partial charge in [0.05, 0.1) is 18.7 Å². The van der Waals surface area contributed by atoms with Gasteiger partial charge in [-0.25, -0.2) is 4.98 Å². The molecule has 0 N–H and O–H groups in total. The van der Waals surface area contributed by atoms with E-state index in [1.54, 1.807) is 23.1 Å². The average Bonchev–Trinajstić information content (AvgIpc) is 2.54. The normalized spacial score (nSPS) is 15.3. The zero-order valence-corrected chi connectivity index (χ0v) is 10.9. The van der Waals surface area contributed by atoms with Crippen LogP contribution >= 0.6 is 0 Å². The molecule has 5 heteroatoms. The van der Waals surface area contributed by atoms with Crippen LogP contribution in [0, 0.1) is 0 Å². The Morgan fingerprint density at radius 3 is 2.70 bits per heavy atom. The van der Waals surface area contributed by atoms with Crippen LogP contribution in [-0.2, 0) is 4.74 Å². The number of hydrogen-bond acceptors (Lipinski definition) is 4. The number of carbonyl (C=O) groups excluding carboxylic acids is 2. The van der Waals surface area contributed by atoms with Gasteiger partial charge in [0.25, 0.3) is 5.91 Å². The van der Waals surface area contributed by atoms with Gasteiger partial charge in [-0.05, 0) is 18.2 Å². The number of hydrogen-bond donors (Lipinski definition) is 0. The molecular weight excluding hydrogens is 256 g/mol. The third-order valence-electron chi connectivity index (χ3n) is 3.38. The fourth-order valence-corrected chi connectivity index (χ4v) is 2.28. The summed E-state index contributed by atoms with van der Waals surface area (Å²) in [5.41, 5.74) is 1.62. The second kappa shape index (κ2) is 5.38. The van der Waals surface area contributed by atoms with E-state index in [-0.39, 0.29) is 5.91 Å². The zero-order valence-electron chi connectivity index (χ0n) is 10.9. The summed E-state index contributed by atoms with van der Waals surface area (Å²) in [6.45, 7) is 2.37. The minimum Gasteiger partial charge on any atom is -0.378 e. The van der Waals surface area contributed by atoms with Crippen molar-refractivity contribution in [1.29, 1.82) is 0 Å². The Kier molecular flexibility index (Phi) is 3.43. The quantitative estimate of drug-likeness (QED) is 0.776. The Bertz CT molecular complexity index is 663. The van der Waals surface area contributed by atoms with E-state index in [0.717, 1.165) is 5.39 Å². The summed E-state index contributed by atoms with van der Waals surface area (Å²) < 4.78 is 5.24. The number of aromatic nitrogens is 1. The molecular formula is C15H14N2O3. The first-order valence-electron chi connectivity index (χ1n) is 6.51. The van der Waals surface area contributed by atoms with Gasteiger partial charge in [-0.1, -0.05) is 12.1 Å². The van der Waals surface area contributed by atoms with Crippen molar-refractivity contribution in [2.45, 2.75) is 0 Å². The number of amides is 1. The molecule has 0 saturated carbocycles. The van der Waals surface area contributed by atoms with Gasteiger partial charge >= 0.3 is 0 Å². The largest absolute Gasteiger partial charge is 0.378 e. The van der Waals surface area contributed by atoms with Gasteiger partial charge in [-0.2, -0.15) is 0 Å². The van der Waals surface area contributed by atoms with Crippen LogP contribution in [0.2, 0.25) is 0 Å². The lowest BCUT2D eigenvalue weighted by atomic mass is 10.1. The maximum atomic E-state index is 12.4. The summed E-state index contributed by atoms with van der Waals surface area (Å²) in [6, 6.07) is 8.88. The number of carbonyl (C=O) groups is 2. The first kappa shape index (κ1) is 12.7. The number of rotatable bonds is 2. The van der Waals surface area contributed by atoms with E-state index in [9.17, 15) is 9.59 Å². The zero-order chi connectivity index (χ0) is 13.9. The van der Waals surface area contributed by atoms with Crippen LogP contribution in [0.15, 0.2) is 30.3 Å². The molecule has 2 heterocycles. The minimum absolute atomic E-state index is 0.0199. The van der Waals surface area contributed by atoms with Gasteiger partial charge in [0.2, 0.25) is 0 Å². The van der Waals surface area contributed by atoms with Crippen molar-refractivity contribution in [3.05, 3.63) is 41.6 Å². The molecule has 1 aromatic carbocycles. The molecule has 1 aliphatic heterocycles. The predicted molar refractivity (Wildman–Crippen MR) is 73.9 cm³/mol. The van der Waals surface area contributed by atoms with Crippen molar-refractivity contribution in [3.63, 3.8) is 0 Å². The first-order valence-corrected chi connectivity index (χ1v) is 6.51. The van der Waals surface area contributed by atoms with Gasteiger partial charge < -0.3 is 9.64 Å². The second-order valence-electron chi connectivity index (χ2n) is 4.67. The van der Waals surface area contributed by atoms with E-state index in [4.69, 9.17) is 4.74 Å². The van der Waals surface area contributed by atoms with Crippen LogP contribution in [0.3, 0.4) is 0 Å². The van der Waals surface area contributed by atoms with Gasteiger partial charge in [-0.15, -0.1) is 0 Å². The summed E-state index contributed by atoms with van der Waals surface area (Å²) in [5, 5.41) is 0.911. The standard InChI is InChI=1S/C15H14N2O3/c18-10-13-4-3-11-1-2-12(9-14(11)16-13)15(19)17-5-7-20-8-6-17/h1-4,9-10H,5-8H2. The highest BCUT2D eigenvalue weighted by molar-refractivity contribution is 5.98. The summed E-state index contributed by atoms with van der Waals surface area (Å²) in [7, 11) is 0. The summed E-state index contributed by atoms with van der Waals surface area (Å²) in [4.78, 5) is 29.1. The highest BCUT2D eigenvalue weighted by Crippen LogP contribution is 2.16. The maximum Gasteiger partial charge on any atom is 0.254 e. The van der Waals surface area contributed by atoms with Crippen LogP contribution in [0.25, 0.3) is 10.9 Å². The van der Waals surface area contributed by atoms with Crippen molar-refractivity contribution < 1.29 is 14.3 Å². The smallest absolute Gasteiger partial charge is 0.254 e. The summed E-state index contributed by atoms with van der Waals surface area (Å²) >= 11 is 0. The van der Waals surface area contributed by atoms with Gasteiger partial charge in [0, 0.05) is 24.0 Å². The lowest BCUT2D eigenvalue weighted by Gasteiger charge is -2.26. The van der Waals surface area contributed by atoms with Crippen molar-refractivity contribution in [2.24, 2.45) is 0 Å². The highest BCUT2D eigenvalue weighted by atomic mass is 16.5. The summed E-state index contributed by atoms with van der Waals surface area (Å²) in [6.07, 6.45) is 0.704. The van der Waals surface area contributed by atoms with Gasteiger partial charge in [0.1, 0.15) is 5.69 Å². The Morgan fingerprint density at radius 2 is 1.95 bits per heavy atom. The van der Waals surface area contributed by atoms with E-state index in [0.29, 0.717) is 49.4 Å². The Balaban J connectivity index is 1.94. The van der Waals surface area contributed by atoms with Crippen LogP contribution < -0.4 is 0 Å². The number of ether oxygens (including phenoxy) is 1. The molecule has 102 valence electrons. The topological polar surface area (TPSA) is 59.5 Å². The molecule has 0 unspecified atom stereocenters. The van der Waals surface area contributed by atoms with E-state index in [1.807, 2.05) is 12.1 Å². The molecule has 1 saturated heterocycles. The Morgan fingerprint density at radius 1 is 1.20 bits per heavy atom. The van der Waals surface area contributed by atoms with Crippen molar-refractivity contribution >= 4 is 23.1 Å². The lowest BCUT2D eigenvalue weighted by molar-refractivity contribution is 0.0303. The predicted octanol–water partition coefficient (Wildman–Crippen LogP) is 1.52. The van der Waals surface area contributed by atoms with E-state index in [1.165, 1.54) is 0 Å². The number of nitrogens with zero attached hydrogens (tertiary/aromatic N) is 2. The fourth-order valence-electron chi connectivity index (χ4n) is 2.28. The van der Waals surface area contributed by atoms with Crippen molar-refractivity contribution in [2.75, 3.05) is 26.3 Å². The van der Waals surface area contributed by atoms with Crippen LogP contribution in [0.1, 0.15) is 20.8 Å². The fraction of sp³-hybridized carbons (Fsp3) is 0.267. The van der Waals surface area contributed by atoms with Crippen molar-refractivity contribution in [1.82, 2.24) is 9.88 Å². The first-order chi connectivity index (χ1) is 9.78. The van der Waals surface area contributed by atoms with Crippen LogP contribution in [-0.4, -0.2) is 48.4 Å². The molecule has 1 fully saturated rings. The van der Waals surface area contributed by atoms with Crippen LogP contribution in [0.4, 0.5) is 0 Å². The number of aldehydes is 1. The molecule has 1 aromatic heterocycles. The molecule has 5 nitrogen and oxygen atoms in total. The molecule has 0 atom stereocenters. The number of morpholine rings is 1. The number of fused-ring (bicyclic) bond motifs is 1. The molecule has 0 aliphatic carbocycles. The molecule has 20 heavy (non-hydrogen) atoms. The highest BCUT2D eigenvalue weighted by Gasteiger charge is 2.18. The molecule has 0 spiro atoms. The molecule has 2 aromatic rings. The van der Waals surface area contributed by atoms with Crippen molar-refractivity contribution in [3.8, 4) is 0 Å². The monoisotopic (exact) mass is 270 g/mol. The van der Waals surface area contributed by atoms with E-state index >= 15 is 0 Å².